The molecule has 1 aliphatic rings. The number of alkyl halides is 4. The predicted molar refractivity (Wildman–Crippen MR) is 80.0 cm³/mol. The topological polar surface area (TPSA) is 17.1 Å². The summed E-state index contributed by atoms with van der Waals surface area (Å²) in [6.45, 7) is 1.92. The van der Waals surface area contributed by atoms with Gasteiger partial charge in [-0.25, -0.2) is 0 Å². The Balaban J connectivity index is 2.52. The maximum absolute atomic E-state index is 13.1. The molecule has 0 aromatic heterocycles. The molecule has 0 spiro atoms. The molecule has 0 saturated heterocycles. The van der Waals surface area contributed by atoms with Crippen LogP contribution in [0.25, 0.3) is 0 Å². The first kappa shape index (κ1) is 16.5. The molecule has 1 aromatic carbocycles. The highest BCUT2D eigenvalue weighted by molar-refractivity contribution is 9.09. The van der Waals surface area contributed by atoms with Crippen molar-refractivity contribution in [3.8, 4) is 0 Å². The Bertz CT molecular complexity index is 533. The van der Waals surface area contributed by atoms with E-state index in [1.165, 1.54) is 6.07 Å². The fraction of sp³-hybridized carbons (Fsp3) is 0.562. The Hall–Kier alpha value is -0.840. The second-order valence-corrected chi connectivity index (χ2v) is 6.09. The largest absolute Gasteiger partial charge is 0.416 e. The van der Waals surface area contributed by atoms with Crippen molar-refractivity contribution in [2.24, 2.45) is 5.92 Å². The Morgan fingerprint density at radius 2 is 1.86 bits per heavy atom. The Morgan fingerprint density at radius 1 is 1.24 bits per heavy atom. The molecule has 0 fully saturated rings. The lowest BCUT2D eigenvalue weighted by molar-refractivity contribution is -0.138. The van der Waals surface area contributed by atoms with Crippen LogP contribution in [-0.4, -0.2) is 11.1 Å². The van der Waals surface area contributed by atoms with E-state index in [0.717, 1.165) is 18.9 Å². The fourth-order valence-electron chi connectivity index (χ4n) is 2.95. The number of hydrogen-bond donors (Lipinski definition) is 0. The molecular formula is C16H18BrF3O. The summed E-state index contributed by atoms with van der Waals surface area (Å²) in [5.74, 6) is -0.214. The molecule has 1 nitrogen and oxygen atoms in total. The van der Waals surface area contributed by atoms with Crippen molar-refractivity contribution in [2.75, 3.05) is 5.33 Å². The third kappa shape index (κ3) is 3.33. The highest BCUT2D eigenvalue weighted by atomic mass is 79.9. The summed E-state index contributed by atoms with van der Waals surface area (Å²) < 4.78 is 39.3. The number of fused-ring (bicyclic) bond motifs is 1. The molecule has 1 atom stereocenters. The SMILES string of the molecule is CCC(CBr)C(=O)c1ccc(C(F)(F)F)c2c1CCCC2. The average Bonchev–Trinajstić information content (AvgIpc) is 2.46. The minimum atomic E-state index is -4.34. The molecule has 1 unspecified atom stereocenters. The highest BCUT2D eigenvalue weighted by Gasteiger charge is 2.36. The van der Waals surface area contributed by atoms with Crippen LogP contribution in [-0.2, 0) is 19.0 Å². The van der Waals surface area contributed by atoms with Crippen LogP contribution in [0.5, 0.6) is 0 Å². The van der Waals surface area contributed by atoms with Crippen molar-refractivity contribution in [3.63, 3.8) is 0 Å². The van der Waals surface area contributed by atoms with Crippen LogP contribution in [0.15, 0.2) is 12.1 Å². The van der Waals surface area contributed by atoms with Crippen LogP contribution < -0.4 is 0 Å². The van der Waals surface area contributed by atoms with Gasteiger partial charge in [-0.1, -0.05) is 28.9 Å². The zero-order valence-corrected chi connectivity index (χ0v) is 13.5. The van der Waals surface area contributed by atoms with Crippen molar-refractivity contribution < 1.29 is 18.0 Å². The van der Waals surface area contributed by atoms with Gasteiger partial charge in [0.25, 0.3) is 0 Å². The molecule has 5 heteroatoms. The molecule has 1 aliphatic carbocycles. The minimum Gasteiger partial charge on any atom is -0.294 e. The van der Waals surface area contributed by atoms with Gasteiger partial charge < -0.3 is 0 Å². The van der Waals surface area contributed by atoms with E-state index < -0.39 is 11.7 Å². The normalized spacial score (nSPS) is 16.4. The van der Waals surface area contributed by atoms with E-state index in [1.807, 2.05) is 6.92 Å². The number of carbonyl (C=O) groups excluding carboxylic acids is 1. The minimum absolute atomic E-state index is 0.0405. The quantitative estimate of drug-likeness (QED) is 0.532. The zero-order valence-electron chi connectivity index (χ0n) is 11.9. The summed E-state index contributed by atoms with van der Waals surface area (Å²) in [4.78, 5) is 12.5. The number of halogens is 4. The van der Waals surface area contributed by atoms with E-state index in [-0.39, 0.29) is 11.7 Å². The molecule has 21 heavy (non-hydrogen) atoms. The van der Waals surface area contributed by atoms with E-state index in [9.17, 15) is 18.0 Å². The molecule has 116 valence electrons. The van der Waals surface area contributed by atoms with E-state index in [0.29, 0.717) is 41.3 Å². The van der Waals surface area contributed by atoms with Gasteiger partial charge in [0.2, 0.25) is 0 Å². The molecule has 0 heterocycles. The van der Waals surface area contributed by atoms with Crippen LogP contribution >= 0.6 is 15.9 Å². The van der Waals surface area contributed by atoms with Gasteiger partial charge >= 0.3 is 6.18 Å². The first-order chi connectivity index (χ1) is 9.90. The monoisotopic (exact) mass is 362 g/mol. The van der Waals surface area contributed by atoms with Crippen LogP contribution in [0.3, 0.4) is 0 Å². The Labute approximate surface area is 131 Å². The molecule has 0 saturated carbocycles. The van der Waals surface area contributed by atoms with Crippen LogP contribution in [0.1, 0.15) is 53.2 Å². The second-order valence-electron chi connectivity index (χ2n) is 5.45. The zero-order chi connectivity index (χ0) is 15.6. The maximum atomic E-state index is 13.1. The van der Waals surface area contributed by atoms with Crippen molar-refractivity contribution in [2.45, 2.75) is 45.2 Å². The number of Topliss-reactive ketones (excluding diaryl/α,β-unsaturated/α-hetero) is 1. The lowest BCUT2D eigenvalue weighted by Gasteiger charge is -2.24. The molecule has 0 N–H and O–H groups in total. The van der Waals surface area contributed by atoms with Crippen molar-refractivity contribution >= 4 is 21.7 Å². The summed E-state index contributed by atoms with van der Waals surface area (Å²) in [7, 11) is 0. The van der Waals surface area contributed by atoms with Crippen LogP contribution in [0.4, 0.5) is 13.2 Å². The molecular weight excluding hydrogens is 345 g/mol. The standard InChI is InChI=1S/C16H18BrF3O/c1-2-10(9-17)15(21)13-7-8-14(16(18,19)20)12-6-4-3-5-11(12)13/h7-8,10H,2-6,9H2,1H3. The summed E-state index contributed by atoms with van der Waals surface area (Å²) >= 11 is 3.32. The first-order valence-electron chi connectivity index (χ1n) is 7.22. The lowest BCUT2D eigenvalue weighted by atomic mass is 9.82. The molecule has 0 aliphatic heterocycles. The van der Waals surface area contributed by atoms with Gasteiger partial charge in [-0.3, -0.25) is 4.79 Å². The summed E-state index contributed by atoms with van der Waals surface area (Å²) in [5, 5.41) is 0.540. The average molecular weight is 363 g/mol. The third-order valence-corrected chi connectivity index (χ3v) is 4.94. The maximum Gasteiger partial charge on any atom is 0.416 e. The van der Waals surface area contributed by atoms with Gasteiger partial charge in [0.1, 0.15) is 0 Å². The summed E-state index contributed by atoms with van der Waals surface area (Å²) in [5.41, 5.74) is 0.883. The highest BCUT2D eigenvalue weighted by Crippen LogP contribution is 2.38. The lowest BCUT2D eigenvalue weighted by Crippen LogP contribution is -2.22. The summed E-state index contributed by atoms with van der Waals surface area (Å²) in [6.07, 6.45) is -1.08. The van der Waals surface area contributed by atoms with Gasteiger partial charge in [-0.05, 0) is 49.3 Å². The van der Waals surface area contributed by atoms with Gasteiger partial charge in [0.05, 0.1) is 5.56 Å². The first-order valence-corrected chi connectivity index (χ1v) is 8.34. The van der Waals surface area contributed by atoms with Crippen molar-refractivity contribution in [1.29, 1.82) is 0 Å². The van der Waals surface area contributed by atoms with E-state index in [1.54, 1.807) is 0 Å². The number of benzene rings is 1. The summed E-state index contributed by atoms with van der Waals surface area (Å²) in [6, 6.07) is 2.46. The number of rotatable bonds is 4. The van der Waals surface area contributed by atoms with Crippen molar-refractivity contribution in [1.82, 2.24) is 0 Å². The smallest absolute Gasteiger partial charge is 0.294 e. The predicted octanol–water partition coefficient (Wildman–Crippen LogP) is 5.19. The van der Waals surface area contributed by atoms with E-state index >= 15 is 0 Å². The van der Waals surface area contributed by atoms with Gasteiger partial charge in [0.15, 0.2) is 5.78 Å². The van der Waals surface area contributed by atoms with E-state index in [2.05, 4.69) is 15.9 Å². The molecule has 0 bridgehead atoms. The number of hydrogen-bond acceptors (Lipinski definition) is 1. The van der Waals surface area contributed by atoms with Gasteiger partial charge in [-0.15, -0.1) is 0 Å². The van der Waals surface area contributed by atoms with E-state index in [4.69, 9.17) is 0 Å². The fourth-order valence-corrected chi connectivity index (χ4v) is 3.70. The Kier molecular flexibility index (Phi) is 5.12. The molecule has 0 amide bonds. The second kappa shape index (κ2) is 6.51. The Morgan fingerprint density at radius 3 is 2.38 bits per heavy atom. The number of carbonyl (C=O) groups is 1. The third-order valence-electron chi connectivity index (χ3n) is 4.16. The van der Waals surface area contributed by atoms with Crippen molar-refractivity contribution in [3.05, 3.63) is 34.4 Å². The van der Waals surface area contributed by atoms with Gasteiger partial charge in [-0.2, -0.15) is 13.2 Å². The molecule has 1 aromatic rings. The number of ketones is 1. The molecule has 0 radical (unpaired) electrons. The molecule has 2 rings (SSSR count). The van der Waals surface area contributed by atoms with Gasteiger partial charge in [0, 0.05) is 16.8 Å². The van der Waals surface area contributed by atoms with Crippen LogP contribution in [0.2, 0.25) is 0 Å². The van der Waals surface area contributed by atoms with Crippen LogP contribution in [0, 0.1) is 5.92 Å².